The summed E-state index contributed by atoms with van der Waals surface area (Å²) in [7, 11) is 0. The number of nitrogens with one attached hydrogen (secondary N) is 1. The second kappa shape index (κ2) is 7.63. The van der Waals surface area contributed by atoms with Gasteiger partial charge in [0, 0.05) is 38.7 Å². The Morgan fingerprint density at radius 1 is 1.44 bits per heavy atom. The van der Waals surface area contributed by atoms with Crippen molar-refractivity contribution in [1.82, 2.24) is 20.0 Å². The number of amides is 1. The van der Waals surface area contributed by atoms with E-state index in [-0.39, 0.29) is 11.8 Å². The van der Waals surface area contributed by atoms with Crippen LogP contribution in [0.5, 0.6) is 0 Å². The van der Waals surface area contributed by atoms with E-state index in [4.69, 9.17) is 4.52 Å². The number of piperidine rings is 1. The normalized spacial score (nSPS) is 17.8. The van der Waals surface area contributed by atoms with Gasteiger partial charge in [-0.1, -0.05) is 19.0 Å². The molecule has 1 aliphatic rings. The molecule has 7 nitrogen and oxygen atoms in total. The SMILES string of the molecule is CC(=O)N1CCC[C@@H](CNc2ccc(-c3nc(C(C)C)no3)cn2)C1. The first-order valence-electron chi connectivity index (χ1n) is 8.82. The number of carbonyl (C=O) groups excluding carboxylic acids is 1. The maximum Gasteiger partial charge on any atom is 0.259 e. The molecule has 0 unspecified atom stereocenters. The molecule has 1 atom stereocenters. The number of carbonyl (C=O) groups is 1. The van der Waals surface area contributed by atoms with Gasteiger partial charge in [-0.3, -0.25) is 4.79 Å². The fourth-order valence-corrected chi connectivity index (χ4v) is 2.98. The molecule has 25 heavy (non-hydrogen) atoms. The largest absolute Gasteiger partial charge is 0.370 e. The molecule has 1 N–H and O–H groups in total. The zero-order valence-corrected chi connectivity index (χ0v) is 15.0. The predicted octanol–water partition coefficient (Wildman–Crippen LogP) is 2.93. The molecule has 0 radical (unpaired) electrons. The number of anilines is 1. The van der Waals surface area contributed by atoms with Gasteiger partial charge in [0.15, 0.2) is 5.82 Å². The van der Waals surface area contributed by atoms with E-state index in [0.717, 1.165) is 43.9 Å². The molecule has 2 aromatic rings. The highest BCUT2D eigenvalue weighted by molar-refractivity contribution is 5.73. The first-order valence-corrected chi connectivity index (χ1v) is 8.82. The summed E-state index contributed by atoms with van der Waals surface area (Å²) in [6, 6.07) is 3.84. The molecule has 0 aliphatic carbocycles. The summed E-state index contributed by atoms with van der Waals surface area (Å²) in [6.07, 6.45) is 3.94. The first-order chi connectivity index (χ1) is 12.0. The summed E-state index contributed by atoms with van der Waals surface area (Å²) in [4.78, 5) is 22.2. The van der Waals surface area contributed by atoms with Crippen molar-refractivity contribution in [2.24, 2.45) is 5.92 Å². The van der Waals surface area contributed by atoms with E-state index in [0.29, 0.717) is 17.6 Å². The maximum atomic E-state index is 11.5. The second-order valence-corrected chi connectivity index (χ2v) is 6.90. The number of nitrogens with zero attached hydrogens (tertiary/aromatic N) is 4. The second-order valence-electron chi connectivity index (χ2n) is 6.90. The van der Waals surface area contributed by atoms with Crippen LogP contribution in [0, 0.1) is 5.92 Å². The molecule has 3 heterocycles. The molecule has 1 amide bonds. The summed E-state index contributed by atoms with van der Waals surface area (Å²) in [6.45, 7) is 8.20. The quantitative estimate of drug-likeness (QED) is 0.898. The summed E-state index contributed by atoms with van der Waals surface area (Å²) in [5.74, 6) is 2.86. The van der Waals surface area contributed by atoms with Crippen LogP contribution in [0.1, 0.15) is 45.4 Å². The number of likely N-dealkylation sites (tertiary alicyclic amines) is 1. The molecule has 0 bridgehead atoms. The van der Waals surface area contributed by atoms with Crippen LogP contribution in [0.2, 0.25) is 0 Å². The van der Waals surface area contributed by atoms with E-state index >= 15 is 0 Å². The molecular formula is C18H25N5O2. The Morgan fingerprint density at radius 3 is 2.92 bits per heavy atom. The van der Waals surface area contributed by atoms with E-state index in [1.807, 2.05) is 30.9 Å². The average Bonchev–Trinajstić information content (AvgIpc) is 3.11. The van der Waals surface area contributed by atoms with Gasteiger partial charge in [-0.05, 0) is 30.9 Å². The molecule has 2 aromatic heterocycles. The molecule has 7 heteroatoms. The first kappa shape index (κ1) is 17.4. The van der Waals surface area contributed by atoms with Crippen LogP contribution < -0.4 is 5.32 Å². The van der Waals surface area contributed by atoms with Gasteiger partial charge in [0.1, 0.15) is 5.82 Å². The number of pyridine rings is 1. The van der Waals surface area contributed by atoms with Crippen LogP contribution in [0.15, 0.2) is 22.9 Å². The fourth-order valence-electron chi connectivity index (χ4n) is 2.98. The number of hydrogen-bond donors (Lipinski definition) is 1. The van der Waals surface area contributed by atoms with E-state index < -0.39 is 0 Å². The van der Waals surface area contributed by atoms with Gasteiger partial charge in [-0.2, -0.15) is 4.98 Å². The van der Waals surface area contributed by atoms with Crippen molar-refractivity contribution >= 4 is 11.7 Å². The van der Waals surface area contributed by atoms with Crippen molar-refractivity contribution in [3.63, 3.8) is 0 Å². The van der Waals surface area contributed by atoms with Crippen molar-refractivity contribution in [3.05, 3.63) is 24.2 Å². The summed E-state index contributed by atoms with van der Waals surface area (Å²) >= 11 is 0. The van der Waals surface area contributed by atoms with Gasteiger partial charge in [0.05, 0.1) is 5.56 Å². The van der Waals surface area contributed by atoms with E-state index in [1.165, 1.54) is 0 Å². The third-order valence-corrected chi connectivity index (χ3v) is 4.50. The molecule has 1 fully saturated rings. The summed E-state index contributed by atoms with van der Waals surface area (Å²) < 4.78 is 5.28. The van der Waals surface area contributed by atoms with Crippen LogP contribution in [-0.4, -0.2) is 45.6 Å². The molecule has 1 aliphatic heterocycles. The Hall–Kier alpha value is -2.44. The predicted molar refractivity (Wildman–Crippen MR) is 95.1 cm³/mol. The van der Waals surface area contributed by atoms with Crippen molar-refractivity contribution in [1.29, 1.82) is 0 Å². The highest BCUT2D eigenvalue weighted by Gasteiger charge is 2.21. The summed E-state index contributed by atoms with van der Waals surface area (Å²) in [5, 5.41) is 7.33. The lowest BCUT2D eigenvalue weighted by Gasteiger charge is -2.32. The number of aromatic nitrogens is 3. The Bertz CT molecular complexity index is 711. The Labute approximate surface area is 147 Å². The molecule has 134 valence electrons. The van der Waals surface area contributed by atoms with Crippen molar-refractivity contribution in [2.45, 2.75) is 39.5 Å². The Morgan fingerprint density at radius 2 is 2.28 bits per heavy atom. The molecule has 3 rings (SSSR count). The average molecular weight is 343 g/mol. The van der Waals surface area contributed by atoms with Crippen LogP contribution in [-0.2, 0) is 4.79 Å². The standard InChI is InChI=1S/C18H25N5O2/c1-12(2)17-21-18(25-22-17)15-6-7-16(20-10-15)19-9-14-5-4-8-23(11-14)13(3)24/h6-7,10,12,14H,4-5,8-9,11H2,1-3H3,(H,19,20)/t14-/m0/s1. The van der Waals surface area contributed by atoms with Crippen LogP contribution in [0.3, 0.4) is 0 Å². The Kier molecular flexibility index (Phi) is 5.31. The smallest absolute Gasteiger partial charge is 0.259 e. The lowest BCUT2D eigenvalue weighted by atomic mass is 9.98. The van der Waals surface area contributed by atoms with Gasteiger partial charge in [-0.25, -0.2) is 4.98 Å². The lowest BCUT2D eigenvalue weighted by Crippen LogP contribution is -2.40. The van der Waals surface area contributed by atoms with Gasteiger partial charge in [0.25, 0.3) is 5.89 Å². The molecule has 0 aromatic carbocycles. The van der Waals surface area contributed by atoms with Gasteiger partial charge in [0.2, 0.25) is 5.91 Å². The zero-order valence-electron chi connectivity index (χ0n) is 15.0. The zero-order chi connectivity index (χ0) is 17.8. The van der Waals surface area contributed by atoms with Gasteiger partial charge in [-0.15, -0.1) is 0 Å². The van der Waals surface area contributed by atoms with Gasteiger partial charge < -0.3 is 14.7 Å². The number of hydrogen-bond acceptors (Lipinski definition) is 6. The lowest BCUT2D eigenvalue weighted by molar-refractivity contribution is -0.130. The Balaban J connectivity index is 1.56. The highest BCUT2D eigenvalue weighted by atomic mass is 16.5. The van der Waals surface area contributed by atoms with Crippen LogP contribution in [0.4, 0.5) is 5.82 Å². The minimum absolute atomic E-state index is 0.160. The maximum absolute atomic E-state index is 11.5. The van der Waals surface area contributed by atoms with Crippen molar-refractivity contribution < 1.29 is 9.32 Å². The van der Waals surface area contributed by atoms with E-state index in [9.17, 15) is 4.79 Å². The van der Waals surface area contributed by atoms with Gasteiger partial charge >= 0.3 is 0 Å². The minimum Gasteiger partial charge on any atom is -0.370 e. The summed E-state index contributed by atoms with van der Waals surface area (Å²) in [5.41, 5.74) is 0.811. The number of rotatable bonds is 5. The topological polar surface area (TPSA) is 84.2 Å². The molecule has 0 saturated carbocycles. The monoisotopic (exact) mass is 343 g/mol. The highest BCUT2D eigenvalue weighted by Crippen LogP contribution is 2.21. The van der Waals surface area contributed by atoms with Crippen molar-refractivity contribution in [2.75, 3.05) is 25.0 Å². The third-order valence-electron chi connectivity index (χ3n) is 4.50. The van der Waals surface area contributed by atoms with Crippen molar-refractivity contribution in [3.8, 4) is 11.5 Å². The van der Waals surface area contributed by atoms with Crippen LogP contribution in [0.25, 0.3) is 11.5 Å². The van der Waals surface area contributed by atoms with E-state index in [1.54, 1.807) is 13.1 Å². The molecular weight excluding hydrogens is 318 g/mol. The molecule has 0 spiro atoms. The fraction of sp³-hybridized carbons (Fsp3) is 0.556. The van der Waals surface area contributed by atoms with E-state index in [2.05, 4.69) is 20.4 Å². The third kappa shape index (κ3) is 4.35. The minimum atomic E-state index is 0.160. The molecule has 1 saturated heterocycles. The van der Waals surface area contributed by atoms with Crippen LogP contribution >= 0.6 is 0 Å².